The highest BCUT2D eigenvalue weighted by atomic mass is 79.9. The van der Waals surface area contributed by atoms with E-state index in [1.807, 2.05) is 13.8 Å². The summed E-state index contributed by atoms with van der Waals surface area (Å²) in [6.07, 6.45) is 7.12. The van der Waals surface area contributed by atoms with Crippen LogP contribution in [0.5, 0.6) is 0 Å². The Morgan fingerprint density at radius 2 is 2.08 bits per heavy atom. The van der Waals surface area contributed by atoms with Gasteiger partial charge < -0.3 is 5.73 Å². The number of nitrogen functional groups attached to an aromatic ring is 1. The fourth-order valence-corrected chi connectivity index (χ4v) is 3.23. The van der Waals surface area contributed by atoms with E-state index in [1.54, 1.807) is 6.20 Å². The van der Waals surface area contributed by atoms with Crippen LogP contribution in [0.4, 0.5) is 5.95 Å². The van der Waals surface area contributed by atoms with Crippen LogP contribution in [0, 0.1) is 26.2 Å². The zero-order valence-corrected chi connectivity index (χ0v) is 15.9. The molecule has 3 rings (SSSR count). The first-order valence-corrected chi connectivity index (χ1v) is 8.48. The van der Waals surface area contributed by atoms with Gasteiger partial charge in [0.2, 0.25) is 5.95 Å². The van der Waals surface area contributed by atoms with Crippen molar-refractivity contribution in [1.29, 1.82) is 0 Å². The number of nitrogens with two attached hydrogens (primary N) is 1. The molecule has 128 valence electrons. The molecule has 0 saturated carbocycles. The Morgan fingerprint density at radius 1 is 1.36 bits per heavy atom. The minimum absolute atomic E-state index is 0.0149. The number of hydrogen-bond donors (Lipinski definition) is 1. The molecule has 0 aromatic carbocycles. The normalized spacial score (nSPS) is 11.0. The second-order valence-electron chi connectivity index (χ2n) is 5.53. The molecule has 0 atom stereocenters. The molecule has 3 aromatic heterocycles. The highest BCUT2D eigenvalue weighted by Crippen LogP contribution is 2.24. The maximum Gasteiger partial charge on any atom is 0.331 e. The molecule has 0 radical (unpaired) electrons. The van der Waals surface area contributed by atoms with Crippen LogP contribution in [0.15, 0.2) is 15.5 Å². The van der Waals surface area contributed by atoms with E-state index in [9.17, 15) is 4.79 Å². The van der Waals surface area contributed by atoms with E-state index in [4.69, 9.17) is 23.8 Å². The van der Waals surface area contributed by atoms with Crippen molar-refractivity contribution in [2.24, 2.45) is 0 Å². The molecule has 0 saturated heterocycles. The van der Waals surface area contributed by atoms with Gasteiger partial charge in [0.15, 0.2) is 10.8 Å². The lowest BCUT2D eigenvalue weighted by Gasteiger charge is -2.09. The van der Waals surface area contributed by atoms with Crippen molar-refractivity contribution in [3.05, 3.63) is 43.1 Å². The lowest BCUT2D eigenvalue weighted by atomic mass is 10.1. The monoisotopic (exact) mass is 420 g/mol. The summed E-state index contributed by atoms with van der Waals surface area (Å²) in [6, 6.07) is 0. The van der Waals surface area contributed by atoms with Crippen LogP contribution < -0.4 is 11.4 Å². The van der Waals surface area contributed by atoms with E-state index in [1.165, 1.54) is 9.13 Å². The van der Waals surface area contributed by atoms with Gasteiger partial charge in [0.25, 0.3) is 0 Å². The van der Waals surface area contributed by atoms with Gasteiger partial charge in [0, 0.05) is 10.7 Å². The second-order valence-corrected chi connectivity index (χ2v) is 6.68. The summed E-state index contributed by atoms with van der Waals surface area (Å²) in [4.78, 5) is 25.4. The molecule has 0 fully saturated rings. The Labute approximate surface area is 157 Å². The molecule has 2 N–H and O–H groups in total. The molecular formula is C16H14BrClN6O. The minimum Gasteiger partial charge on any atom is -0.368 e. The number of nitrogens with zero attached hydrogens (tertiary/aromatic N) is 5. The van der Waals surface area contributed by atoms with Crippen molar-refractivity contribution >= 4 is 44.6 Å². The van der Waals surface area contributed by atoms with Crippen molar-refractivity contribution in [3.63, 3.8) is 0 Å². The Bertz CT molecular complexity index is 1090. The van der Waals surface area contributed by atoms with Crippen LogP contribution in [0.1, 0.15) is 16.8 Å². The zero-order valence-electron chi connectivity index (χ0n) is 13.5. The largest absolute Gasteiger partial charge is 0.368 e. The predicted molar refractivity (Wildman–Crippen MR) is 101 cm³/mol. The smallest absolute Gasteiger partial charge is 0.331 e. The molecule has 0 aliphatic heterocycles. The predicted octanol–water partition coefficient (Wildman–Crippen LogP) is 2.28. The average Bonchev–Trinajstić information content (AvgIpc) is 2.81. The lowest BCUT2D eigenvalue weighted by molar-refractivity contribution is 0.698. The van der Waals surface area contributed by atoms with Gasteiger partial charge in [-0.05, 0) is 25.0 Å². The van der Waals surface area contributed by atoms with Crippen LogP contribution in [-0.4, -0.2) is 24.1 Å². The quantitative estimate of drug-likeness (QED) is 0.517. The summed E-state index contributed by atoms with van der Waals surface area (Å²) in [5.74, 6) is 2.43. The first-order valence-electron chi connectivity index (χ1n) is 7.31. The van der Waals surface area contributed by atoms with Gasteiger partial charge in [-0.1, -0.05) is 33.5 Å². The first kappa shape index (κ1) is 17.5. The second kappa shape index (κ2) is 6.50. The third-order valence-corrected chi connectivity index (χ3v) is 5.39. The molecule has 0 amide bonds. The Balaban J connectivity index is 2.27. The first-order chi connectivity index (χ1) is 11.8. The van der Waals surface area contributed by atoms with E-state index in [2.05, 4.69) is 36.8 Å². The van der Waals surface area contributed by atoms with Crippen LogP contribution >= 0.6 is 27.5 Å². The molecule has 7 nitrogen and oxygen atoms in total. The SMILES string of the molecule is C#CCn1c(=O)n(Cc2ncc(C)c(Br)c2C)c2nc(N)nc(Cl)c21. The number of terminal acetylenes is 1. The number of aromatic nitrogens is 5. The summed E-state index contributed by atoms with van der Waals surface area (Å²) in [7, 11) is 0. The zero-order chi connectivity index (χ0) is 18.3. The fraction of sp³-hybridized carbons (Fsp3) is 0.250. The Morgan fingerprint density at radius 3 is 2.76 bits per heavy atom. The van der Waals surface area contributed by atoms with Crippen LogP contribution in [0.3, 0.4) is 0 Å². The summed E-state index contributed by atoms with van der Waals surface area (Å²) in [5.41, 5.74) is 8.74. The van der Waals surface area contributed by atoms with Gasteiger partial charge in [-0.15, -0.1) is 6.42 Å². The molecule has 25 heavy (non-hydrogen) atoms. The van der Waals surface area contributed by atoms with Crippen molar-refractivity contribution in [1.82, 2.24) is 24.1 Å². The molecule has 3 heterocycles. The maximum atomic E-state index is 12.8. The molecular weight excluding hydrogens is 408 g/mol. The third-order valence-electron chi connectivity index (χ3n) is 3.91. The Kier molecular flexibility index (Phi) is 4.54. The van der Waals surface area contributed by atoms with Gasteiger partial charge in [-0.3, -0.25) is 14.1 Å². The molecule has 0 unspecified atom stereocenters. The maximum absolute atomic E-state index is 12.8. The number of imidazole rings is 1. The number of anilines is 1. The van der Waals surface area contributed by atoms with E-state index >= 15 is 0 Å². The molecule has 0 spiro atoms. The Hall–Kier alpha value is -2.37. The summed E-state index contributed by atoms with van der Waals surface area (Å²) < 4.78 is 3.76. The number of hydrogen-bond acceptors (Lipinski definition) is 5. The van der Waals surface area contributed by atoms with Crippen LogP contribution in [0.2, 0.25) is 5.15 Å². The third kappa shape index (κ3) is 2.90. The molecule has 0 aliphatic rings. The van der Waals surface area contributed by atoms with Gasteiger partial charge in [-0.2, -0.15) is 9.97 Å². The van der Waals surface area contributed by atoms with Crippen molar-refractivity contribution in [2.75, 3.05) is 5.73 Å². The number of halogens is 2. The fourth-order valence-electron chi connectivity index (χ4n) is 2.62. The summed E-state index contributed by atoms with van der Waals surface area (Å²) in [6.45, 7) is 4.15. The van der Waals surface area contributed by atoms with Crippen LogP contribution in [-0.2, 0) is 13.1 Å². The van der Waals surface area contributed by atoms with Gasteiger partial charge in [0.05, 0.1) is 18.8 Å². The highest BCUT2D eigenvalue weighted by molar-refractivity contribution is 9.10. The van der Waals surface area contributed by atoms with E-state index in [-0.39, 0.29) is 29.9 Å². The average molecular weight is 422 g/mol. The van der Waals surface area contributed by atoms with E-state index in [0.29, 0.717) is 11.2 Å². The number of fused-ring (bicyclic) bond motifs is 1. The standard InChI is InChI=1S/C16H14BrClN6O/c1-4-5-23-12-13(18)21-15(19)22-14(12)24(16(23)25)7-10-9(3)11(17)8(2)6-20-10/h1,6H,5,7H2,2-3H3,(H2,19,21,22). The highest BCUT2D eigenvalue weighted by Gasteiger charge is 2.20. The van der Waals surface area contributed by atoms with Gasteiger partial charge in [-0.25, -0.2) is 4.79 Å². The number of rotatable bonds is 3. The van der Waals surface area contributed by atoms with Crippen LogP contribution in [0.25, 0.3) is 11.2 Å². The summed E-state index contributed by atoms with van der Waals surface area (Å²) in [5, 5.41) is 0.0865. The summed E-state index contributed by atoms with van der Waals surface area (Å²) >= 11 is 9.71. The topological polar surface area (TPSA) is 91.6 Å². The van der Waals surface area contributed by atoms with Crippen molar-refractivity contribution in [2.45, 2.75) is 26.9 Å². The van der Waals surface area contributed by atoms with Gasteiger partial charge >= 0.3 is 5.69 Å². The number of aryl methyl sites for hydroxylation is 1. The number of pyridine rings is 1. The molecule has 0 aliphatic carbocycles. The minimum atomic E-state index is -0.340. The van der Waals surface area contributed by atoms with Crippen molar-refractivity contribution in [3.8, 4) is 12.3 Å². The van der Waals surface area contributed by atoms with Crippen molar-refractivity contribution < 1.29 is 0 Å². The molecule has 9 heteroatoms. The molecule has 3 aromatic rings. The van der Waals surface area contributed by atoms with Gasteiger partial charge in [0.1, 0.15) is 5.52 Å². The van der Waals surface area contributed by atoms with E-state index < -0.39 is 0 Å². The molecule has 0 bridgehead atoms. The lowest BCUT2D eigenvalue weighted by Crippen LogP contribution is -2.25. The van der Waals surface area contributed by atoms with E-state index in [0.717, 1.165) is 21.3 Å².